The normalized spacial score (nSPS) is 11.1. The number of carbonyl (C=O) groups excluding carboxylic acids is 1. The molecule has 0 unspecified atom stereocenters. The number of para-hydroxylation sites is 1. The minimum atomic E-state index is -4.24. The van der Waals surface area contributed by atoms with Crippen LogP contribution in [0, 0.1) is 11.6 Å². The summed E-state index contributed by atoms with van der Waals surface area (Å²) < 4.78 is 53.7. The van der Waals surface area contributed by atoms with E-state index in [0.29, 0.717) is 6.54 Å². The minimum absolute atomic E-state index is 0.139. The molecule has 0 saturated heterocycles. The first kappa shape index (κ1) is 17.9. The molecule has 0 aliphatic carbocycles. The number of sulfonamides is 1. The molecule has 8 heteroatoms. The molecule has 0 saturated carbocycles. The van der Waals surface area contributed by atoms with Crippen LogP contribution in [0.5, 0.6) is 0 Å². The highest BCUT2D eigenvalue weighted by Gasteiger charge is 2.20. The average molecular weight is 354 g/mol. The Labute approximate surface area is 138 Å². The summed E-state index contributed by atoms with van der Waals surface area (Å²) in [6.07, 6.45) is 0.734. The molecule has 2 aromatic carbocycles. The van der Waals surface area contributed by atoms with E-state index < -0.39 is 33.3 Å². The molecular weight excluding hydrogens is 338 g/mol. The Bertz CT molecular complexity index is 834. The van der Waals surface area contributed by atoms with Gasteiger partial charge in [-0.3, -0.25) is 9.52 Å². The predicted molar refractivity (Wildman–Crippen MR) is 86.2 cm³/mol. The van der Waals surface area contributed by atoms with Gasteiger partial charge in [-0.15, -0.1) is 0 Å². The number of hydrogen-bond donors (Lipinski definition) is 2. The molecule has 0 heterocycles. The first-order valence-electron chi connectivity index (χ1n) is 7.20. The fourth-order valence-corrected chi connectivity index (χ4v) is 3.06. The molecule has 2 aromatic rings. The van der Waals surface area contributed by atoms with E-state index in [1.54, 1.807) is 0 Å². The van der Waals surface area contributed by atoms with Crippen LogP contribution in [0.4, 0.5) is 14.5 Å². The Morgan fingerprint density at radius 3 is 2.33 bits per heavy atom. The largest absolute Gasteiger partial charge is 0.352 e. The lowest BCUT2D eigenvalue weighted by molar-refractivity contribution is 0.0953. The summed E-state index contributed by atoms with van der Waals surface area (Å²) in [5.74, 6) is -2.49. The zero-order chi connectivity index (χ0) is 17.7. The van der Waals surface area contributed by atoms with Gasteiger partial charge in [0, 0.05) is 12.1 Å². The Morgan fingerprint density at radius 1 is 1.08 bits per heavy atom. The number of carbonyl (C=O) groups is 1. The molecule has 0 spiro atoms. The summed E-state index contributed by atoms with van der Waals surface area (Å²) in [6.45, 7) is 2.34. The van der Waals surface area contributed by atoms with Crippen LogP contribution in [0.2, 0.25) is 0 Å². The maximum absolute atomic E-state index is 13.6. The summed E-state index contributed by atoms with van der Waals surface area (Å²) in [7, 11) is -4.24. The predicted octanol–water partition coefficient (Wildman–Crippen LogP) is 2.91. The molecule has 0 radical (unpaired) electrons. The van der Waals surface area contributed by atoms with Gasteiger partial charge in [-0.05, 0) is 36.8 Å². The summed E-state index contributed by atoms with van der Waals surface area (Å²) in [5.41, 5.74) is -0.626. The number of benzene rings is 2. The third-order valence-electron chi connectivity index (χ3n) is 3.14. The van der Waals surface area contributed by atoms with Crippen molar-refractivity contribution in [2.45, 2.75) is 18.2 Å². The van der Waals surface area contributed by atoms with E-state index in [0.717, 1.165) is 30.7 Å². The zero-order valence-electron chi connectivity index (χ0n) is 12.8. The fraction of sp³-hybridized carbons (Fsp3) is 0.188. The molecule has 128 valence electrons. The van der Waals surface area contributed by atoms with E-state index in [1.165, 1.54) is 18.2 Å². The van der Waals surface area contributed by atoms with Crippen LogP contribution < -0.4 is 10.0 Å². The van der Waals surface area contributed by atoms with Crippen molar-refractivity contribution in [2.24, 2.45) is 0 Å². The first-order chi connectivity index (χ1) is 11.3. The lowest BCUT2D eigenvalue weighted by Crippen LogP contribution is -2.24. The molecule has 0 aliphatic rings. The van der Waals surface area contributed by atoms with Gasteiger partial charge in [0.15, 0.2) is 0 Å². The number of amides is 1. The third-order valence-corrected chi connectivity index (χ3v) is 4.49. The van der Waals surface area contributed by atoms with Crippen LogP contribution in [0.3, 0.4) is 0 Å². The molecule has 0 fully saturated rings. The number of halogens is 2. The molecule has 0 aromatic heterocycles. The van der Waals surface area contributed by atoms with E-state index in [-0.39, 0.29) is 10.5 Å². The van der Waals surface area contributed by atoms with Gasteiger partial charge in [0.25, 0.3) is 15.9 Å². The van der Waals surface area contributed by atoms with Crippen molar-refractivity contribution in [3.05, 3.63) is 59.7 Å². The molecule has 2 rings (SSSR count). The van der Waals surface area contributed by atoms with Gasteiger partial charge in [-0.25, -0.2) is 17.2 Å². The van der Waals surface area contributed by atoms with Crippen LogP contribution in [0.25, 0.3) is 0 Å². The topological polar surface area (TPSA) is 75.3 Å². The minimum Gasteiger partial charge on any atom is -0.352 e. The number of anilines is 1. The van der Waals surface area contributed by atoms with E-state index in [2.05, 4.69) is 5.32 Å². The maximum atomic E-state index is 13.6. The van der Waals surface area contributed by atoms with Gasteiger partial charge in [0.1, 0.15) is 17.3 Å². The molecule has 1 amide bonds. The molecule has 2 N–H and O–H groups in total. The Hall–Kier alpha value is -2.48. The number of hydrogen-bond acceptors (Lipinski definition) is 3. The van der Waals surface area contributed by atoms with Gasteiger partial charge in [-0.2, -0.15) is 0 Å². The van der Waals surface area contributed by atoms with Crippen molar-refractivity contribution in [2.75, 3.05) is 11.3 Å². The van der Waals surface area contributed by atoms with Gasteiger partial charge < -0.3 is 5.32 Å². The van der Waals surface area contributed by atoms with Crippen molar-refractivity contribution < 1.29 is 22.0 Å². The van der Waals surface area contributed by atoms with Crippen LogP contribution in [0.1, 0.15) is 23.7 Å². The number of nitrogens with one attached hydrogen (secondary N) is 2. The van der Waals surface area contributed by atoms with Gasteiger partial charge in [-0.1, -0.05) is 19.1 Å². The fourth-order valence-electron chi connectivity index (χ4n) is 1.93. The van der Waals surface area contributed by atoms with Crippen molar-refractivity contribution in [3.63, 3.8) is 0 Å². The monoisotopic (exact) mass is 354 g/mol. The summed E-state index contributed by atoms with van der Waals surface area (Å²) in [6, 6.07) is 8.22. The van der Waals surface area contributed by atoms with Gasteiger partial charge >= 0.3 is 0 Å². The molecule has 0 bridgehead atoms. The first-order valence-corrected chi connectivity index (χ1v) is 8.68. The van der Waals surface area contributed by atoms with Crippen LogP contribution in [-0.2, 0) is 10.0 Å². The Kier molecular flexibility index (Phi) is 5.50. The summed E-state index contributed by atoms with van der Waals surface area (Å²) in [4.78, 5) is 11.6. The third kappa shape index (κ3) is 4.08. The van der Waals surface area contributed by atoms with Crippen LogP contribution in [-0.4, -0.2) is 20.9 Å². The van der Waals surface area contributed by atoms with Crippen molar-refractivity contribution >= 4 is 21.6 Å². The van der Waals surface area contributed by atoms with E-state index in [1.807, 2.05) is 11.6 Å². The molecule has 0 atom stereocenters. The lowest BCUT2D eigenvalue weighted by Gasteiger charge is -2.11. The summed E-state index contributed by atoms with van der Waals surface area (Å²) in [5, 5.41) is 2.62. The second kappa shape index (κ2) is 7.39. The van der Waals surface area contributed by atoms with Gasteiger partial charge in [0.2, 0.25) is 0 Å². The average Bonchev–Trinajstić information content (AvgIpc) is 2.56. The van der Waals surface area contributed by atoms with Crippen molar-refractivity contribution in [1.82, 2.24) is 5.32 Å². The number of rotatable bonds is 6. The Morgan fingerprint density at radius 2 is 1.71 bits per heavy atom. The van der Waals surface area contributed by atoms with Crippen LogP contribution in [0.15, 0.2) is 47.4 Å². The second-order valence-electron chi connectivity index (χ2n) is 4.99. The van der Waals surface area contributed by atoms with E-state index >= 15 is 0 Å². The highest BCUT2D eigenvalue weighted by molar-refractivity contribution is 7.92. The quantitative estimate of drug-likeness (QED) is 0.838. The molecule has 24 heavy (non-hydrogen) atoms. The molecule has 0 aliphatic heterocycles. The maximum Gasteiger partial charge on any atom is 0.262 e. The van der Waals surface area contributed by atoms with E-state index in [4.69, 9.17) is 0 Å². The highest BCUT2D eigenvalue weighted by Crippen LogP contribution is 2.22. The zero-order valence-corrected chi connectivity index (χ0v) is 13.7. The lowest BCUT2D eigenvalue weighted by atomic mass is 10.2. The smallest absolute Gasteiger partial charge is 0.262 e. The SMILES string of the molecule is CCCNC(=O)c1cccc(S(=O)(=O)Nc2c(F)cccc2F)c1. The van der Waals surface area contributed by atoms with Crippen molar-refractivity contribution in [3.8, 4) is 0 Å². The van der Waals surface area contributed by atoms with Gasteiger partial charge in [0.05, 0.1) is 4.90 Å². The standard InChI is InChI=1S/C16H16F2N2O3S/c1-2-9-19-16(21)11-5-3-6-12(10-11)24(22,23)20-15-13(17)7-4-8-14(15)18/h3-8,10,20H,2,9H2,1H3,(H,19,21). The highest BCUT2D eigenvalue weighted by atomic mass is 32.2. The van der Waals surface area contributed by atoms with Crippen molar-refractivity contribution in [1.29, 1.82) is 0 Å². The van der Waals surface area contributed by atoms with Crippen LogP contribution >= 0.6 is 0 Å². The summed E-state index contributed by atoms with van der Waals surface area (Å²) >= 11 is 0. The second-order valence-corrected chi connectivity index (χ2v) is 6.67. The van der Waals surface area contributed by atoms with E-state index in [9.17, 15) is 22.0 Å². The Balaban J connectivity index is 2.31. The molecular formula is C16H16F2N2O3S. The molecule has 5 nitrogen and oxygen atoms in total.